The van der Waals surface area contributed by atoms with Crippen LogP contribution in [0.3, 0.4) is 0 Å². The van der Waals surface area contributed by atoms with Crippen molar-refractivity contribution >= 4 is 45.1 Å². The van der Waals surface area contributed by atoms with Gasteiger partial charge in [0.1, 0.15) is 22.7 Å². The minimum atomic E-state index is -0.804. The average molecular weight is 557 g/mol. The molecule has 0 amide bonds. The Hall–Kier alpha value is -2.99. The number of carbonyl (C=O) groups is 2. The second kappa shape index (κ2) is 12.5. The molecule has 0 aromatic heterocycles. The number of carbonyl (C=O) groups excluding carboxylic acids is 2. The highest BCUT2D eigenvalue weighted by atomic mass is 35.5. The van der Waals surface area contributed by atoms with Gasteiger partial charge in [0.2, 0.25) is 0 Å². The number of ether oxygens (including phenoxy) is 4. The minimum Gasteiger partial charge on any atom is -0.477 e. The molecule has 0 fully saturated rings. The van der Waals surface area contributed by atoms with Gasteiger partial charge in [-0.3, -0.25) is 0 Å². The highest BCUT2D eigenvalue weighted by Gasteiger charge is 2.30. The smallest absolute Gasteiger partial charge is 0.347 e. The van der Waals surface area contributed by atoms with Crippen molar-refractivity contribution in [2.24, 2.45) is 0 Å². The molecule has 0 bridgehead atoms. The number of fused-ring (bicyclic) bond motifs is 2. The fraction of sp³-hybridized carbons (Fsp3) is 0.500. The molecule has 0 aliphatic carbocycles. The van der Waals surface area contributed by atoms with Crippen LogP contribution in [0.5, 0.6) is 11.5 Å². The van der Waals surface area contributed by atoms with Gasteiger partial charge < -0.3 is 18.9 Å². The maximum Gasteiger partial charge on any atom is 0.347 e. The predicted molar refractivity (Wildman–Crippen MR) is 157 cm³/mol. The molecule has 0 radical (unpaired) electrons. The number of rotatable bonds is 10. The third-order valence-corrected chi connectivity index (χ3v) is 6.08. The van der Waals surface area contributed by atoms with Crippen LogP contribution in [0.4, 0.5) is 0 Å². The first-order valence-corrected chi connectivity index (χ1v) is 14.0. The van der Waals surface area contributed by atoms with E-state index in [9.17, 15) is 9.59 Å². The predicted octanol–water partition coefficient (Wildman–Crippen LogP) is 8.42. The summed E-state index contributed by atoms with van der Waals surface area (Å²) in [6, 6.07) is 13.1. The van der Waals surface area contributed by atoms with Gasteiger partial charge in [-0.05, 0) is 72.6 Å². The summed E-state index contributed by atoms with van der Waals surface area (Å²) in [4.78, 5) is 26.2. The largest absolute Gasteiger partial charge is 0.477 e. The SMILES string of the molecule is CCCC(Oc1c2ccccc2c(OC(CCC)C(=O)OC(C)(C)C)c2cc(Cl)ccc12)C(=O)OC(C)(C)C. The lowest BCUT2D eigenvalue weighted by molar-refractivity contribution is -0.164. The van der Waals surface area contributed by atoms with Crippen molar-refractivity contribution in [3.8, 4) is 11.5 Å². The Balaban J connectivity index is 2.20. The molecule has 0 spiro atoms. The van der Waals surface area contributed by atoms with Gasteiger partial charge in [0.15, 0.2) is 12.2 Å². The van der Waals surface area contributed by atoms with Crippen molar-refractivity contribution in [2.75, 3.05) is 0 Å². The van der Waals surface area contributed by atoms with Crippen molar-refractivity contribution in [2.45, 2.75) is 104 Å². The molecule has 2 unspecified atom stereocenters. The fourth-order valence-electron chi connectivity index (χ4n) is 4.32. The molecule has 7 heteroatoms. The lowest BCUT2D eigenvalue weighted by atomic mass is 10.00. The van der Waals surface area contributed by atoms with Gasteiger partial charge in [0.25, 0.3) is 0 Å². The molecule has 212 valence electrons. The lowest BCUT2D eigenvalue weighted by Crippen LogP contribution is -2.35. The second-order valence-corrected chi connectivity index (χ2v) is 12.2. The molecule has 39 heavy (non-hydrogen) atoms. The first kappa shape index (κ1) is 30.6. The summed E-state index contributed by atoms with van der Waals surface area (Å²) in [5.41, 5.74) is -1.29. The van der Waals surface area contributed by atoms with E-state index in [1.165, 1.54) is 0 Å². The van der Waals surface area contributed by atoms with Gasteiger partial charge in [-0.25, -0.2) is 9.59 Å². The van der Waals surface area contributed by atoms with Gasteiger partial charge in [0.05, 0.1) is 0 Å². The topological polar surface area (TPSA) is 71.1 Å². The Labute approximate surface area is 236 Å². The fourth-order valence-corrected chi connectivity index (χ4v) is 4.49. The Morgan fingerprint density at radius 2 is 1.10 bits per heavy atom. The van der Waals surface area contributed by atoms with Crippen LogP contribution in [0.2, 0.25) is 5.02 Å². The zero-order valence-electron chi connectivity index (χ0n) is 24.4. The summed E-state index contributed by atoms with van der Waals surface area (Å²) in [6.07, 6.45) is 0.853. The first-order valence-electron chi connectivity index (χ1n) is 13.7. The van der Waals surface area contributed by atoms with Gasteiger partial charge in [-0.15, -0.1) is 0 Å². The number of esters is 2. The maximum absolute atomic E-state index is 13.1. The van der Waals surface area contributed by atoms with E-state index in [2.05, 4.69) is 0 Å². The van der Waals surface area contributed by atoms with Crippen molar-refractivity contribution in [1.82, 2.24) is 0 Å². The van der Waals surface area contributed by atoms with Crippen LogP contribution < -0.4 is 9.47 Å². The van der Waals surface area contributed by atoms with E-state index in [4.69, 9.17) is 30.5 Å². The van der Waals surface area contributed by atoms with E-state index in [1.807, 2.05) is 85.7 Å². The second-order valence-electron chi connectivity index (χ2n) is 11.8. The van der Waals surface area contributed by atoms with E-state index in [-0.39, 0.29) is 0 Å². The summed E-state index contributed by atoms with van der Waals surface area (Å²) in [6.45, 7) is 15.0. The van der Waals surface area contributed by atoms with Crippen LogP contribution in [0, 0.1) is 0 Å². The Morgan fingerprint density at radius 1 is 0.692 bits per heavy atom. The van der Waals surface area contributed by atoms with E-state index in [0.717, 1.165) is 29.0 Å². The lowest BCUT2D eigenvalue weighted by Gasteiger charge is -2.27. The molecule has 0 saturated heterocycles. The zero-order valence-corrected chi connectivity index (χ0v) is 25.1. The minimum absolute atomic E-state index is 0.413. The van der Waals surface area contributed by atoms with Crippen molar-refractivity contribution in [3.63, 3.8) is 0 Å². The molecule has 3 aromatic carbocycles. The quantitative estimate of drug-likeness (QED) is 0.184. The molecule has 0 saturated carbocycles. The number of benzene rings is 3. The Bertz CT molecular complexity index is 1320. The normalized spacial score (nSPS) is 13.7. The van der Waals surface area contributed by atoms with Gasteiger partial charge in [-0.1, -0.05) is 62.6 Å². The summed E-state index contributed by atoms with van der Waals surface area (Å²) in [7, 11) is 0. The molecule has 0 aliphatic rings. The number of halogens is 1. The molecule has 0 heterocycles. The average Bonchev–Trinajstić information content (AvgIpc) is 2.82. The Kier molecular flexibility index (Phi) is 9.76. The van der Waals surface area contributed by atoms with Crippen LogP contribution in [0.15, 0.2) is 42.5 Å². The zero-order chi connectivity index (χ0) is 29.0. The summed E-state index contributed by atoms with van der Waals surface area (Å²) < 4.78 is 24.3. The van der Waals surface area contributed by atoms with E-state index >= 15 is 0 Å². The number of hydrogen-bond acceptors (Lipinski definition) is 6. The summed E-state index contributed by atoms with van der Waals surface area (Å²) in [5.74, 6) is 0.225. The maximum atomic E-state index is 13.1. The Morgan fingerprint density at radius 3 is 1.51 bits per heavy atom. The van der Waals surface area contributed by atoms with Gasteiger partial charge in [0, 0.05) is 26.6 Å². The summed E-state index contributed by atoms with van der Waals surface area (Å²) in [5, 5.41) is 3.41. The third-order valence-electron chi connectivity index (χ3n) is 5.85. The van der Waals surface area contributed by atoms with E-state index < -0.39 is 35.3 Å². The van der Waals surface area contributed by atoms with Crippen LogP contribution in [-0.4, -0.2) is 35.3 Å². The molecule has 3 rings (SSSR count). The molecule has 3 aromatic rings. The van der Waals surface area contributed by atoms with E-state index in [0.29, 0.717) is 34.7 Å². The van der Waals surface area contributed by atoms with Crippen LogP contribution in [0.25, 0.3) is 21.5 Å². The standard InChI is InChI=1S/C32H41ClO6/c1-9-13-25(29(34)38-31(3,4)5)36-27-21-15-11-12-16-22(21)28(24-19-20(33)17-18-23(24)27)37-26(14-10-2)30(35)39-32(6,7)8/h11-12,15-19,25-26H,9-10,13-14H2,1-8H3. The molecular formula is C32H41ClO6. The monoisotopic (exact) mass is 556 g/mol. The molecule has 0 aliphatic heterocycles. The van der Waals surface area contributed by atoms with E-state index in [1.54, 1.807) is 12.1 Å². The van der Waals surface area contributed by atoms with Crippen molar-refractivity contribution in [3.05, 3.63) is 47.5 Å². The molecular weight excluding hydrogens is 516 g/mol. The first-order chi connectivity index (χ1) is 18.2. The third kappa shape index (κ3) is 8.01. The highest BCUT2D eigenvalue weighted by Crippen LogP contribution is 2.45. The number of hydrogen-bond donors (Lipinski definition) is 0. The van der Waals surface area contributed by atoms with Gasteiger partial charge in [-0.2, -0.15) is 0 Å². The molecule has 2 atom stereocenters. The van der Waals surface area contributed by atoms with Crippen LogP contribution in [0.1, 0.15) is 81.1 Å². The summed E-state index contributed by atoms with van der Waals surface area (Å²) >= 11 is 6.46. The van der Waals surface area contributed by atoms with Crippen molar-refractivity contribution < 1.29 is 28.5 Å². The van der Waals surface area contributed by atoms with Gasteiger partial charge >= 0.3 is 11.9 Å². The highest BCUT2D eigenvalue weighted by molar-refractivity contribution is 6.31. The van der Waals surface area contributed by atoms with Crippen molar-refractivity contribution in [1.29, 1.82) is 0 Å². The molecule has 0 N–H and O–H groups in total. The van der Waals surface area contributed by atoms with Crippen LogP contribution in [-0.2, 0) is 19.1 Å². The molecule has 6 nitrogen and oxygen atoms in total. The van der Waals surface area contributed by atoms with Crippen LogP contribution >= 0.6 is 11.6 Å².